The summed E-state index contributed by atoms with van der Waals surface area (Å²) in [4.78, 5) is 73.1. The second-order valence-corrected chi connectivity index (χ2v) is 12.4. The van der Waals surface area contributed by atoms with Gasteiger partial charge < -0.3 is 19.3 Å². The minimum atomic E-state index is -2.30. The number of carbonyl (C=O) groups is 5. The molecule has 1 aliphatic carbocycles. The summed E-state index contributed by atoms with van der Waals surface area (Å²) in [7, 11) is 1.50. The van der Waals surface area contributed by atoms with Crippen molar-refractivity contribution in [2.45, 2.75) is 44.0 Å². The van der Waals surface area contributed by atoms with Gasteiger partial charge in [-0.1, -0.05) is 24.3 Å². The van der Waals surface area contributed by atoms with E-state index in [0.29, 0.717) is 11.3 Å². The summed E-state index contributed by atoms with van der Waals surface area (Å²) in [6, 6.07) is 12.4. The predicted molar refractivity (Wildman–Crippen MR) is 158 cm³/mol. The first-order valence-electron chi connectivity index (χ1n) is 14.6. The number of Topliss-reactive ketones (excluding diaryl/α,β-unsaturated/α-hetero) is 1. The van der Waals surface area contributed by atoms with Gasteiger partial charge in [0.25, 0.3) is 11.7 Å². The molecule has 0 radical (unpaired) electrons. The summed E-state index contributed by atoms with van der Waals surface area (Å²) in [5.41, 5.74) is -6.61. The van der Waals surface area contributed by atoms with E-state index in [1.54, 1.807) is 63.3 Å². The van der Waals surface area contributed by atoms with Crippen LogP contribution in [0.2, 0.25) is 0 Å². The lowest BCUT2D eigenvalue weighted by atomic mass is 9.62. The number of hydrogen-bond donors (Lipinski definition) is 1. The SMILES string of the molecule is CCOC(=O)[C@H]1C23C(=O)N4C(C)(C)CC5(C=CC(=O)C=C5)[C@]14OC(c1ccc(OC)cc1)=C2C(=O)C(=O)N3c1ccccc1O. The van der Waals surface area contributed by atoms with E-state index in [-0.39, 0.29) is 41.6 Å². The lowest BCUT2D eigenvalue weighted by molar-refractivity contribution is -0.183. The lowest BCUT2D eigenvalue weighted by Gasteiger charge is -2.51. The van der Waals surface area contributed by atoms with E-state index in [4.69, 9.17) is 14.2 Å². The molecule has 3 spiro atoms. The van der Waals surface area contributed by atoms with Gasteiger partial charge in [0.2, 0.25) is 5.72 Å². The van der Waals surface area contributed by atoms with Crippen molar-refractivity contribution in [3.63, 3.8) is 0 Å². The van der Waals surface area contributed by atoms with Gasteiger partial charge in [-0.25, -0.2) is 0 Å². The topological polar surface area (TPSA) is 140 Å². The third-order valence-corrected chi connectivity index (χ3v) is 9.60. The Morgan fingerprint density at radius 3 is 2.31 bits per heavy atom. The minimum Gasteiger partial charge on any atom is -0.506 e. The second kappa shape index (κ2) is 9.16. The number of anilines is 1. The van der Waals surface area contributed by atoms with Crippen LogP contribution in [0, 0.1) is 11.3 Å². The Morgan fingerprint density at radius 1 is 1.02 bits per heavy atom. The van der Waals surface area contributed by atoms with Crippen LogP contribution < -0.4 is 9.64 Å². The smallest absolute Gasteiger partial charge is 0.318 e. The molecule has 2 aromatic rings. The fourth-order valence-corrected chi connectivity index (χ4v) is 8.18. The van der Waals surface area contributed by atoms with Gasteiger partial charge in [-0.3, -0.25) is 33.8 Å². The average molecular weight is 611 g/mol. The Labute approximate surface area is 258 Å². The number of phenolic OH excluding ortho intramolecular Hbond substituents is 1. The molecule has 3 fully saturated rings. The summed E-state index contributed by atoms with van der Waals surface area (Å²) in [6.07, 6.45) is 6.24. The number of carbonyl (C=O) groups excluding carboxylic acids is 5. The third-order valence-electron chi connectivity index (χ3n) is 9.60. The molecule has 11 heteroatoms. The van der Waals surface area contributed by atoms with Gasteiger partial charge in [-0.05, 0) is 75.7 Å². The van der Waals surface area contributed by atoms with Crippen molar-refractivity contribution < 1.29 is 43.3 Å². The molecular formula is C34H30N2O9. The van der Waals surface area contributed by atoms with E-state index in [0.717, 1.165) is 4.90 Å². The van der Waals surface area contributed by atoms with E-state index < -0.39 is 51.7 Å². The van der Waals surface area contributed by atoms with Crippen molar-refractivity contribution in [1.82, 2.24) is 4.90 Å². The molecule has 2 bridgehead atoms. The summed E-state index contributed by atoms with van der Waals surface area (Å²) in [5.74, 6) is -5.61. The van der Waals surface area contributed by atoms with Gasteiger partial charge in [-0.15, -0.1) is 0 Å². The Hall–Kier alpha value is -5.19. The van der Waals surface area contributed by atoms with Crippen LogP contribution in [-0.4, -0.2) is 69.9 Å². The Kier molecular flexibility index (Phi) is 5.82. The molecule has 3 saturated heterocycles. The van der Waals surface area contributed by atoms with Gasteiger partial charge in [0, 0.05) is 11.1 Å². The maximum Gasteiger partial charge on any atom is 0.318 e. The molecule has 2 aromatic carbocycles. The molecule has 0 saturated carbocycles. The number of hydrogen-bond acceptors (Lipinski definition) is 9. The number of ketones is 2. The first kappa shape index (κ1) is 28.6. The Bertz CT molecular complexity index is 1800. The highest BCUT2D eigenvalue weighted by Crippen LogP contribution is 2.72. The Morgan fingerprint density at radius 2 is 1.69 bits per heavy atom. The number of para-hydroxylation sites is 2. The number of benzene rings is 2. The molecule has 3 atom stereocenters. The van der Waals surface area contributed by atoms with Crippen molar-refractivity contribution in [1.29, 1.82) is 0 Å². The standard InChI is InChI=1S/C34H30N2O9/c1-5-44-29(41)27-33-24(25(39)28(40)35(33)22-8-6-7-9-23(22)38)26(19-10-12-21(43-4)13-11-19)45-34(27)32(16-14-20(37)15-17-32)18-31(2,3)36(34)30(33)42/h6-17,27,38H,5,18H2,1-4H3/t27-,33?,34+/m0/s1. The molecule has 2 amide bonds. The van der Waals surface area contributed by atoms with Crippen LogP contribution in [0.1, 0.15) is 32.8 Å². The molecule has 1 N–H and O–H groups in total. The van der Waals surface area contributed by atoms with E-state index in [1.807, 2.05) is 0 Å². The van der Waals surface area contributed by atoms with Gasteiger partial charge >= 0.3 is 11.9 Å². The van der Waals surface area contributed by atoms with Gasteiger partial charge in [0.05, 0.1) is 30.4 Å². The zero-order valence-electron chi connectivity index (χ0n) is 25.0. The van der Waals surface area contributed by atoms with Crippen molar-refractivity contribution >= 4 is 40.8 Å². The van der Waals surface area contributed by atoms with E-state index >= 15 is 4.79 Å². The maximum atomic E-state index is 15.4. The second-order valence-electron chi connectivity index (χ2n) is 12.4. The number of esters is 1. The number of phenols is 1. The molecular weight excluding hydrogens is 580 g/mol. The molecule has 0 aromatic heterocycles. The quantitative estimate of drug-likeness (QED) is 0.400. The predicted octanol–water partition coefficient (Wildman–Crippen LogP) is 3.08. The van der Waals surface area contributed by atoms with Crippen LogP contribution in [0.4, 0.5) is 5.69 Å². The first-order chi connectivity index (χ1) is 21.4. The van der Waals surface area contributed by atoms with E-state index in [9.17, 15) is 24.3 Å². The van der Waals surface area contributed by atoms with Gasteiger partial charge in [0.15, 0.2) is 17.2 Å². The average Bonchev–Trinajstić information content (AvgIpc) is 3.43. The van der Waals surface area contributed by atoms with E-state index in [2.05, 4.69) is 0 Å². The molecule has 1 unspecified atom stereocenters. The van der Waals surface area contributed by atoms with Gasteiger partial charge in [-0.2, -0.15) is 0 Å². The highest BCUT2D eigenvalue weighted by Gasteiger charge is 2.89. The molecule has 4 aliphatic heterocycles. The van der Waals surface area contributed by atoms with Crippen LogP contribution >= 0.6 is 0 Å². The molecule has 5 aliphatic rings. The van der Waals surface area contributed by atoms with Crippen molar-refractivity contribution in [3.8, 4) is 11.5 Å². The van der Waals surface area contributed by atoms with Crippen molar-refractivity contribution in [2.24, 2.45) is 11.3 Å². The number of allylic oxidation sites excluding steroid dienone is 2. The summed E-state index contributed by atoms with van der Waals surface area (Å²) in [5, 5.41) is 11.1. The minimum absolute atomic E-state index is 0.0684. The molecule has 7 rings (SSSR count). The summed E-state index contributed by atoms with van der Waals surface area (Å²) in [6.45, 7) is 5.15. The molecule has 4 heterocycles. The lowest BCUT2D eigenvalue weighted by Crippen LogP contribution is -2.66. The maximum absolute atomic E-state index is 15.4. The van der Waals surface area contributed by atoms with Crippen LogP contribution in [0.25, 0.3) is 5.76 Å². The highest BCUT2D eigenvalue weighted by molar-refractivity contribution is 6.55. The number of rotatable bonds is 5. The normalized spacial score (nSPS) is 28.5. The molecule has 230 valence electrons. The highest BCUT2D eigenvalue weighted by atomic mass is 16.6. The first-order valence-corrected chi connectivity index (χ1v) is 14.6. The van der Waals surface area contributed by atoms with E-state index in [1.165, 1.54) is 42.4 Å². The van der Waals surface area contributed by atoms with Crippen LogP contribution in [-0.2, 0) is 33.4 Å². The number of nitrogens with zero attached hydrogens (tertiary/aromatic N) is 2. The van der Waals surface area contributed by atoms with Crippen molar-refractivity contribution in [3.05, 3.63) is 84.0 Å². The fraction of sp³-hybridized carbons (Fsp3) is 0.324. The van der Waals surface area contributed by atoms with Crippen LogP contribution in [0.3, 0.4) is 0 Å². The monoisotopic (exact) mass is 610 g/mol. The number of ether oxygens (including phenoxy) is 3. The molecule has 11 nitrogen and oxygen atoms in total. The molecule has 45 heavy (non-hydrogen) atoms. The Balaban J connectivity index is 1.66. The third kappa shape index (κ3) is 3.27. The summed E-state index contributed by atoms with van der Waals surface area (Å²) < 4.78 is 17.9. The zero-order valence-corrected chi connectivity index (χ0v) is 25.0. The van der Waals surface area contributed by atoms with Crippen LogP contribution in [0.5, 0.6) is 11.5 Å². The number of amides is 2. The van der Waals surface area contributed by atoms with Crippen LogP contribution in [0.15, 0.2) is 78.4 Å². The summed E-state index contributed by atoms with van der Waals surface area (Å²) >= 11 is 0. The zero-order chi connectivity index (χ0) is 32.1. The number of aromatic hydroxyl groups is 1. The van der Waals surface area contributed by atoms with Gasteiger partial charge in [0.1, 0.15) is 17.3 Å². The fourth-order valence-electron chi connectivity index (χ4n) is 8.18. The van der Waals surface area contributed by atoms with Crippen molar-refractivity contribution in [2.75, 3.05) is 18.6 Å². The number of methoxy groups -OCH3 is 1. The largest absolute Gasteiger partial charge is 0.506 e.